The third kappa shape index (κ3) is 2.05. The van der Waals surface area contributed by atoms with Gasteiger partial charge in [-0.1, -0.05) is 9.24 Å². The number of nitrogen functional groups attached to an aromatic ring is 1. The minimum Gasteiger partial charge on any atom is -0.368 e. The van der Waals surface area contributed by atoms with E-state index in [9.17, 15) is 8.78 Å². The second-order valence-corrected chi connectivity index (χ2v) is 2.68. The Kier molecular flexibility index (Phi) is 2.00. The van der Waals surface area contributed by atoms with Crippen molar-refractivity contribution in [1.82, 2.24) is 9.97 Å². The molecule has 0 radical (unpaired) electrons. The lowest BCUT2D eigenvalue weighted by atomic mass is 10.3. The van der Waals surface area contributed by atoms with Gasteiger partial charge < -0.3 is 5.73 Å². The van der Waals surface area contributed by atoms with Crippen molar-refractivity contribution in [1.29, 1.82) is 0 Å². The van der Waals surface area contributed by atoms with Crippen molar-refractivity contribution in [2.45, 2.75) is 5.66 Å². The highest BCUT2D eigenvalue weighted by atomic mass is 31.0. The summed E-state index contributed by atoms with van der Waals surface area (Å²) in [4.78, 5) is 6.84. The van der Waals surface area contributed by atoms with Crippen molar-refractivity contribution in [3.8, 4) is 0 Å². The van der Waals surface area contributed by atoms with Crippen molar-refractivity contribution in [2.75, 3.05) is 5.73 Å². The zero-order chi connectivity index (χ0) is 8.48. The van der Waals surface area contributed by atoms with Crippen LogP contribution in [-0.4, -0.2) is 9.97 Å². The molecule has 0 aliphatic rings. The predicted octanol–water partition coefficient (Wildman–Crippen LogP) is 0.983. The number of halogens is 2. The summed E-state index contributed by atoms with van der Waals surface area (Å²) in [6.07, 6.45) is 1.99. The third-order valence-corrected chi connectivity index (χ3v) is 1.39. The van der Waals surface area contributed by atoms with Crippen LogP contribution in [0, 0.1) is 0 Å². The van der Waals surface area contributed by atoms with Crippen LogP contribution < -0.4 is 5.73 Å². The number of alkyl halides is 2. The van der Waals surface area contributed by atoms with Gasteiger partial charge in [0.1, 0.15) is 0 Å². The maximum atomic E-state index is 12.4. The van der Waals surface area contributed by atoms with E-state index in [4.69, 9.17) is 5.73 Å². The van der Waals surface area contributed by atoms with Crippen LogP contribution in [0.4, 0.5) is 14.7 Å². The fourth-order valence-electron chi connectivity index (χ4n) is 0.510. The van der Waals surface area contributed by atoms with Gasteiger partial charge in [0, 0.05) is 12.4 Å². The highest BCUT2D eigenvalue weighted by Gasteiger charge is 2.24. The van der Waals surface area contributed by atoms with Crippen LogP contribution >= 0.6 is 9.24 Å². The maximum Gasteiger partial charge on any atom is 0.286 e. The highest BCUT2D eigenvalue weighted by Crippen LogP contribution is 2.33. The minimum absolute atomic E-state index is 0.0111. The van der Waals surface area contributed by atoms with E-state index < -0.39 is 5.66 Å². The van der Waals surface area contributed by atoms with Gasteiger partial charge in [-0.2, -0.15) is 8.78 Å². The summed E-state index contributed by atoms with van der Waals surface area (Å²) in [5.41, 5.74) is 1.85. The molecule has 1 aromatic rings. The summed E-state index contributed by atoms with van der Waals surface area (Å²) in [6, 6.07) is 0. The molecule has 0 amide bonds. The summed E-state index contributed by atoms with van der Waals surface area (Å²) in [5.74, 6) is -0.0111. The molecule has 1 rings (SSSR count). The second kappa shape index (κ2) is 2.66. The Hall–Kier alpha value is -0.830. The van der Waals surface area contributed by atoms with Gasteiger partial charge in [0.2, 0.25) is 5.95 Å². The molecule has 6 heteroatoms. The topological polar surface area (TPSA) is 51.8 Å². The molecule has 2 N–H and O–H groups in total. The van der Waals surface area contributed by atoms with Crippen LogP contribution in [0.5, 0.6) is 0 Å². The molecule has 0 bridgehead atoms. The zero-order valence-electron chi connectivity index (χ0n) is 5.46. The molecule has 0 aliphatic heterocycles. The first-order valence-electron chi connectivity index (χ1n) is 2.75. The first kappa shape index (κ1) is 8.27. The van der Waals surface area contributed by atoms with Gasteiger partial charge in [-0.25, -0.2) is 9.97 Å². The van der Waals surface area contributed by atoms with Crippen LogP contribution in [0.1, 0.15) is 5.56 Å². The summed E-state index contributed by atoms with van der Waals surface area (Å²) < 4.78 is 24.9. The Bertz CT molecular complexity index is 243. The monoisotopic (exact) mass is 177 g/mol. The van der Waals surface area contributed by atoms with Crippen LogP contribution in [0.3, 0.4) is 0 Å². The van der Waals surface area contributed by atoms with Crippen LogP contribution in [0.2, 0.25) is 0 Å². The quantitative estimate of drug-likeness (QED) is 0.650. The lowest BCUT2D eigenvalue weighted by molar-refractivity contribution is 0.103. The minimum atomic E-state index is -2.98. The fraction of sp³-hybridized carbons (Fsp3) is 0.200. The smallest absolute Gasteiger partial charge is 0.286 e. The number of nitrogens with two attached hydrogens (primary N) is 1. The summed E-state index contributed by atoms with van der Waals surface area (Å²) in [7, 11) is 1.39. The fourth-order valence-corrected chi connectivity index (χ4v) is 0.659. The van der Waals surface area contributed by atoms with E-state index in [1.165, 1.54) is 9.24 Å². The zero-order valence-corrected chi connectivity index (χ0v) is 6.61. The van der Waals surface area contributed by atoms with E-state index in [0.717, 1.165) is 12.4 Å². The van der Waals surface area contributed by atoms with Crippen molar-refractivity contribution in [2.24, 2.45) is 0 Å². The van der Waals surface area contributed by atoms with E-state index >= 15 is 0 Å². The molecule has 0 saturated carbocycles. The van der Waals surface area contributed by atoms with Crippen molar-refractivity contribution >= 4 is 15.2 Å². The molecule has 0 saturated heterocycles. The van der Waals surface area contributed by atoms with Gasteiger partial charge in [-0.3, -0.25) is 0 Å². The molecular weight excluding hydrogens is 171 g/mol. The van der Waals surface area contributed by atoms with Gasteiger partial charge in [0.15, 0.2) is 0 Å². The van der Waals surface area contributed by atoms with Crippen molar-refractivity contribution in [3.05, 3.63) is 18.0 Å². The van der Waals surface area contributed by atoms with Gasteiger partial charge in [-0.05, 0) is 0 Å². The van der Waals surface area contributed by atoms with Crippen LogP contribution in [-0.2, 0) is 5.66 Å². The largest absolute Gasteiger partial charge is 0.368 e. The third-order valence-electron chi connectivity index (χ3n) is 1.06. The Labute approximate surface area is 64.2 Å². The molecular formula is C5H6F2N3P. The first-order valence-corrected chi connectivity index (χ1v) is 3.32. The Morgan fingerprint density at radius 1 is 1.36 bits per heavy atom. The van der Waals surface area contributed by atoms with E-state index in [0.29, 0.717) is 0 Å². The number of anilines is 1. The van der Waals surface area contributed by atoms with Gasteiger partial charge in [-0.15, -0.1) is 0 Å². The molecule has 0 fully saturated rings. The van der Waals surface area contributed by atoms with E-state index in [1.807, 2.05) is 0 Å². The summed E-state index contributed by atoms with van der Waals surface area (Å²) in [5, 5.41) is 0. The molecule has 1 atom stereocenters. The number of nitrogens with zero attached hydrogens (tertiary/aromatic N) is 2. The molecule has 60 valence electrons. The van der Waals surface area contributed by atoms with Gasteiger partial charge >= 0.3 is 0 Å². The SMILES string of the molecule is Nc1ncc(C(F)(F)P)cn1. The molecule has 1 aromatic heterocycles. The predicted molar refractivity (Wildman–Crippen MR) is 40.0 cm³/mol. The summed E-state index contributed by atoms with van der Waals surface area (Å²) in [6.45, 7) is 0. The average molecular weight is 177 g/mol. The standard InChI is InChI=1S/C5H6F2N3P/c6-5(7,11)3-1-9-4(8)10-2-3/h1-2H,11H2,(H2,8,9,10). The van der Waals surface area contributed by atoms with E-state index in [-0.39, 0.29) is 11.5 Å². The highest BCUT2D eigenvalue weighted by molar-refractivity contribution is 7.17. The molecule has 0 aliphatic carbocycles. The van der Waals surface area contributed by atoms with Crippen molar-refractivity contribution in [3.63, 3.8) is 0 Å². The lowest BCUT2D eigenvalue weighted by Crippen LogP contribution is -2.05. The van der Waals surface area contributed by atoms with E-state index in [1.54, 1.807) is 0 Å². The van der Waals surface area contributed by atoms with Crippen LogP contribution in [0.15, 0.2) is 12.4 Å². The van der Waals surface area contributed by atoms with Gasteiger partial charge in [0.25, 0.3) is 5.66 Å². The summed E-state index contributed by atoms with van der Waals surface area (Å²) >= 11 is 0. The lowest BCUT2D eigenvalue weighted by Gasteiger charge is -2.07. The normalized spacial score (nSPS) is 11.5. The van der Waals surface area contributed by atoms with Crippen LogP contribution in [0.25, 0.3) is 0 Å². The van der Waals surface area contributed by atoms with Crippen molar-refractivity contribution < 1.29 is 8.78 Å². The Morgan fingerprint density at radius 2 is 1.82 bits per heavy atom. The first-order chi connectivity index (χ1) is 5.00. The number of rotatable bonds is 1. The molecule has 11 heavy (non-hydrogen) atoms. The van der Waals surface area contributed by atoms with Gasteiger partial charge in [0.05, 0.1) is 5.56 Å². The molecule has 1 unspecified atom stereocenters. The molecule has 3 nitrogen and oxygen atoms in total. The molecule has 0 aromatic carbocycles. The Balaban J connectivity index is 2.99. The Morgan fingerprint density at radius 3 is 2.18 bits per heavy atom. The second-order valence-electron chi connectivity index (χ2n) is 1.95. The molecule has 0 spiro atoms. The number of aromatic nitrogens is 2. The number of hydrogen-bond donors (Lipinski definition) is 1. The van der Waals surface area contributed by atoms with E-state index in [2.05, 4.69) is 9.97 Å². The molecule has 1 heterocycles. The average Bonchev–Trinajstić information content (AvgIpc) is 1.86. The number of hydrogen-bond acceptors (Lipinski definition) is 3. The maximum absolute atomic E-state index is 12.4.